The van der Waals surface area contributed by atoms with Gasteiger partial charge in [-0.05, 0) is 41.6 Å². The molecule has 7 nitrogen and oxygen atoms in total. The minimum absolute atomic E-state index is 0.0746. The summed E-state index contributed by atoms with van der Waals surface area (Å²) in [6, 6.07) is 18.1. The van der Waals surface area contributed by atoms with Gasteiger partial charge in [0.25, 0.3) is 15.9 Å². The molecule has 2 unspecified atom stereocenters. The van der Waals surface area contributed by atoms with E-state index in [1.165, 1.54) is 11.4 Å². The first kappa shape index (κ1) is 29.8. The number of hydrogen-bond acceptors (Lipinski definition) is 7. The number of benzene rings is 2. The molecule has 2 aliphatic heterocycles. The summed E-state index contributed by atoms with van der Waals surface area (Å²) in [6.07, 6.45) is 0.794. The fraction of sp³-hybridized carbons (Fsp3) is 0.414. The van der Waals surface area contributed by atoms with Crippen molar-refractivity contribution in [2.45, 2.75) is 46.4 Å². The second kappa shape index (κ2) is 12.7. The number of alkyl halides is 2. The number of carbonyl (C=O) groups is 1. The van der Waals surface area contributed by atoms with E-state index in [0.717, 1.165) is 22.5 Å². The van der Waals surface area contributed by atoms with Gasteiger partial charge in [0.1, 0.15) is 10.3 Å². The Morgan fingerprint density at radius 1 is 1.20 bits per heavy atom. The molecule has 2 atom stereocenters. The Hall–Kier alpha value is -2.67. The van der Waals surface area contributed by atoms with Gasteiger partial charge in [0.05, 0.1) is 17.9 Å². The SMILES string of the molecule is CN(c1cccc2c1NC(C(=O)NCC(CN1CCCC(F)(F)C1)SCc1ccccc1)C2)S(=O)(=O)c1cccs1. The third-order valence-electron chi connectivity index (χ3n) is 7.40. The van der Waals surface area contributed by atoms with Crippen molar-refractivity contribution in [2.24, 2.45) is 0 Å². The molecule has 220 valence electrons. The predicted molar refractivity (Wildman–Crippen MR) is 163 cm³/mol. The van der Waals surface area contributed by atoms with Gasteiger partial charge in [0.15, 0.2) is 0 Å². The zero-order chi connectivity index (χ0) is 29.0. The largest absolute Gasteiger partial charge is 0.371 e. The van der Waals surface area contributed by atoms with E-state index in [1.54, 1.807) is 46.3 Å². The molecule has 1 aromatic heterocycles. The Kier molecular flexibility index (Phi) is 9.22. The van der Waals surface area contributed by atoms with Crippen molar-refractivity contribution in [1.82, 2.24) is 10.2 Å². The van der Waals surface area contributed by atoms with Crippen LogP contribution in [0.4, 0.5) is 20.2 Å². The van der Waals surface area contributed by atoms with Crippen molar-refractivity contribution < 1.29 is 22.0 Å². The molecule has 3 aromatic rings. The van der Waals surface area contributed by atoms with E-state index < -0.39 is 22.0 Å². The lowest BCUT2D eigenvalue weighted by Gasteiger charge is -2.34. The lowest BCUT2D eigenvalue weighted by molar-refractivity contribution is -0.121. The summed E-state index contributed by atoms with van der Waals surface area (Å²) >= 11 is 2.81. The summed E-state index contributed by atoms with van der Waals surface area (Å²) in [5.74, 6) is -2.17. The van der Waals surface area contributed by atoms with Crippen LogP contribution in [-0.2, 0) is 27.0 Å². The van der Waals surface area contributed by atoms with E-state index >= 15 is 0 Å². The van der Waals surface area contributed by atoms with E-state index in [1.807, 2.05) is 36.4 Å². The molecule has 2 N–H and O–H groups in total. The molecule has 3 heterocycles. The normalized spacial score (nSPS) is 19.2. The fourth-order valence-corrected chi connectivity index (χ4v) is 8.76. The van der Waals surface area contributed by atoms with Gasteiger partial charge in [-0.1, -0.05) is 48.5 Å². The first-order chi connectivity index (χ1) is 19.6. The number of thiophene rings is 1. The first-order valence-corrected chi connectivity index (χ1v) is 16.9. The number of fused-ring (bicyclic) bond motifs is 1. The number of nitrogens with zero attached hydrogens (tertiary/aromatic N) is 2. The highest BCUT2D eigenvalue weighted by Crippen LogP contribution is 2.38. The molecule has 1 saturated heterocycles. The number of anilines is 2. The maximum atomic E-state index is 14.1. The number of amides is 1. The number of para-hydroxylation sites is 1. The van der Waals surface area contributed by atoms with Gasteiger partial charge in [-0.3, -0.25) is 14.0 Å². The number of rotatable bonds is 11. The van der Waals surface area contributed by atoms with Crippen molar-refractivity contribution in [1.29, 1.82) is 0 Å². The first-order valence-electron chi connectivity index (χ1n) is 13.6. The highest BCUT2D eigenvalue weighted by atomic mass is 32.2. The van der Waals surface area contributed by atoms with E-state index in [2.05, 4.69) is 10.6 Å². The smallest absolute Gasteiger partial charge is 0.273 e. The van der Waals surface area contributed by atoms with Crippen LogP contribution in [-0.4, -0.2) is 69.7 Å². The number of sulfonamides is 1. The molecule has 0 aliphatic carbocycles. The topological polar surface area (TPSA) is 81.8 Å². The monoisotopic (exact) mass is 620 g/mol. The maximum absolute atomic E-state index is 14.1. The van der Waals surface area contributed by atoms with Crippen molar-refractivity contribution in [2.75, 3.05) is 42.8 Å². The van der Waals surface area contributed by atoms with Crippen LogP contribution in [0.15, 0.2) is 70.3 Å². The molecular formula is C29H34F2N4O3S3. The van der Waals surface area contributed by atoms with E-state index in [4.69, 9.17) is 0 Å². The van der Waals surface area contributed by atoms with Crippen LogP contribution in [0.3, 0.4) is 0 Å². The van der Waals surface area contributed by atoms with Crippen molar-refractivity contribution in [3.8, 4) is 0 Å². The minimum atomic E-state index is -3.73. The molecule has 0 radical (unpaired) electrons. The summed E-state index contributed by atoms with van der Waals surface area (Å²) in [7, 11) is -2.22. The number of halogens is 2. The van der Waals surface area contributed by atoms with E-state index in [-0.39, 0.29) is 28.3 Å². The standard InChI is InChI=1S/C29H34F2N4O3S3/c1-34(41(37,38)26-12-6-15-39-26)25-11-5-10-22-16-24(33-27(22)25)28(36)32-17-23(40-19-21-8-3-2-4-9-21)18-35-14-7-13-29(30,31)20-35/h2-6,8-12,15,23-24,33H,7,13-14,16-20H2,1H3,(H,32,36). The minimum Gasteiger partial charge on any atom is -0.371 e. The third-order valence-corrected chi connectivity index (χ3v) is 11.8. The Balaban J connectivity index is 1.23. The van der Waals surface area contributed by atoms with Crippen LogP contribution in [0, 0.1) is 0 Å². The predicted octanol–water partition coefficient (Wildman–Crippen LogP) is 5.06. The lowest BCUT2D eigenvalue weighted by atomic mass is 10.1. The van der Waals surface area contributed by atoms with Crippen LogP contribution in [0.2, 0.25) is 0 Å². The van der Waals surface area contributed by atoms with Crippen LogP contribution in [0.25, 0.3) is 0 Å². The summed E-state index contributed by atoms with van der Waals surface area (Å²) in [6.45, 7) is 1.16. The summed E-state index contributed by atoms with van der Waals surface area (Å²) in [5.41, 5.74) is 3.11. The zero-order valence-electron chi connectivity index (χ0n) is 22.8. The van der Waals surface area contributed by atoms with Crippen LogP contribution in [0.1, 0.15) is 24.0 Å². The second-order valence-corrected chi connectivity index (χ2v) is 14.9. The van der Waals surface area contributed by atoms with Crippen molar-refractivity contribution >= 4 is 50.4 Å². The molecule has 12 heteroatoms. The molecule has 0 spiro atoms. The Bertz CT molecular complexity index is 1440. The fourth-order valence-electron chi connectivity index (χ4n) is 5.26. The van der Waals surface area contributed by atoms with Gasteiger partial charge in [-0.15, -0.1) is 11.3 Å². The van der Waals surface area contributed by atoms with Crippen molar-refractivity contribution in [3.63, 3.8) is 0 Å². The van der Waals surface area contributed by atoms with E-state index in [9.17, 15) is 22.0 Å². The van der Waals surface area contributed by atoms with Gasteiger partial charge in [0.2, 0.25) is 5.91 Å². The second-order valence-electron chi connectivity index (χ2n) is 10.5. The van der Waals surface area contributed by atoms with Crippen LogP contribution < -0.4 is 14.9 Å². The summed E-state index contributed by atoms with van der Waals surface area (Å²) in [4.78, 5) is 15.1. The molecule has 1 amide bonds. The number of nitrogens with one attached hydrogen (secondary N) is 2. The molecule has 0 bridgehead atoms. The number of thioether (sulfide) groups is 1. The summed E-state index contributed by atoms with van der Waals surface area (Å²) < 4.78 is 55.9. The van der Waals surface area contributed by atoms with Gasteiger partial charge in [0, 0.05) is 44.0 Å². The molecule has 2 aromatic carbocycles. The molecule has 2 aliphatic rings. The van der Waals surface area contributed by atoms with Gasteiger partial charge in [-0.25, -0.2) is 17.2 Å². The van der Waals surface area contributed by atoms with Crippen LogP contribution >= 0.6 is 23.1 Å². The Morgan fingerprint density at radius 3 is 2.73 bits per heavy atom. The Labute approximate surface area is 248 Å². The highest BCUT2D eigenvalue weighted by Gasteiger charge is 2.36. The number of hydrogen-bond donors (Lipinski definition) is 2. The number of carbonyl (C=O) groups excluding carboxylic acids is 1. The average molecular weight is 621 g/mol. The molecular weight excluding hydrogens is 587 g/mol. The van der Waals surface area contributed by atoms with E-state index in [0.29, 0.717) is 49.6 Å². The average Bonchev–Trinajstić information content (AvgIpc) is 3.65. The van der Waals surface area contributed by atoms with Gasteiger partial charge in [-0.2, -0.15) is 11.8 Å². The molecule has 1 fully saturated rings. The van der Waals surface area contributed by atoms with Gasteiger partial charge < -0.3 is 10.6 Å². The lowest BCUT2D eigenvalue weighted by Crippen LogP contribution is -2.48. The van der Waals surface area contributed by atoms with Crippen LogP contribution in [0.5, 0.6) is 0 Å². The summed E-state index contributed by atoms with van der Waals surface area (Å²) in [5, 5.41) is 7.93. The number of piperidine rings is 1. The quantitative estimate of drug-likeness (QED) is 0.312. The third kappa shape index (κ3) is 7.22. The molecule has 5 rings (SSSR count). The molecule has 41 heavy (non-hydrogen) atoms. The van der Waals surface area contributed by atoms with Gasteiger partial charge >= 0.3 is 0 Å². The zero-order valence-corrected chi connectivity index (χ0v) is 25.2. The Morgan fingerprint density at radius 2 is 2.00 bits per heavy atom. The van der Waals surface area contributed by atoms with Crippen molar-refractivity contribution in [3.05, 3.63) is 77.2 Å². The molecule has 0 saturated carbocycles. The number of likely N-dealkylation sites (tertiary alicyclic amines) is 1. The maximum Gasteiger partial charge on any atom is 0.273 e. The highest BCUT2D eigenvalue weighted by molar-refractivity contribution is 7.99.